The van der Waals surface area contributed by atoms with E-state index in [0.717, 1.165) is 16.7 Å². The molecule has 2 aromatic carbocycles. The van der Waals surface area contributed by atoms with E-state index in [9.17, 15) is 13.2 Å². The van der Waals surface area contributed by atoms with Gasteiger partial charge < -0.3 is 10.1 Å². The van der Waals surface area contributed by atoms with Crippen molar-refractivity contribution in [2.75, 3.05) is 16.6 Å². The minimum absolute atomic E-state index is 0.0127. The first-order valence-corrected chi connectivity index (χ1v) is 11.5. The Balaban J connectivity index is 1.63. The van der Waals surface area contributed by atoms with Crippen molar-refractivity contribution in [1.82, 2.24) is 9.97 Å². The molecule has 0 saturated carbocycles. The minimum Gasteiger partial charge on any atom is -0.483 e. The molecule has 3 rings (SSSR count). The molecular weight excluding hydrogens is 428 g/mol. The number of ether oxygens (including phenoxy) is 1. The Morgan fingerprint density at radius 1 is 0.938 bits per heavy atom. The van der Waals surface area contributed by atoms with Crippen molar-refractivity contribution >= 4 is 27.6 Å². The van der Waals surface area contributed by atoms with Gasteiger partial charge in [0.1, 0.15) is 5.75 Å². The molecule has 2 N–H and O–H groups in total. The topological polar surface area (TPSA) is 110 Å². The summed E-state index contributed by atoms with van der Waals surface area (Å²) in [5.74, 6) is 0.332. The van der Waals surface area contributed by atoms with Gasteiger partial charge in [-0.2, -0.15) is 0 Å². The van der Waals surface area contributed by atoms with Gasteiger partial charge in [0.2, 0.25) is 5.95 Å². The lowest BCUT2D eigenvalue weighted by Crippen LogP contribution is -2.20. The number of amides is 1. The van der Waals surface area contributed by atoms with Crippen LogP contribution in [0.25, 0.3) is 0 Å². The van der Waals surface area contributed by atoms with E-state index >= 15 is 0 Å². The Bertz CT molecular complexity index is 1240. The Labute approximate surface area is 188 Å². The van der Waals surface area contributed by atoms with Gasteiger partial charge in [-0.05, 0) is 87.7 Å². The Morgan fingerprint density at radius 2 is 1.56 bits per heavy atom. The van der Waals surface area contributed by atoms with E-state index in [-0.39, 0.29) is 23.4 Å². The highest BCUT2D eigenvalue weighted by Crippen LogP contribution is 2.23. The molecule has 0 bridgehead atoms. The van der Waals surface area contributed by atoms with Crippen LogP contribution in [0.5, 0.6) is 5.75 Å². The molecule has 1 amide bonds. The van der Waals surface area contributed by atoms with Crippen LogP contribution in [0.1, 0.15) is 28.1 Å². The van der Waals surface area contributed by atoms with Crippen LogP contribution in [0, 0.1) is 34.6 Å². The summed E-state index contributed by atoms with van der Waals surface area (Å²) >= 11 is 0. The van der Waals surface area contributed by atoms with Crippen molar-refractivity contribution in [3.8, 4) is 5.75 Å². The van der Waals surface area contributed by atoms with Gasteiger partial charge in [0.15, 0.2) is 6.61 Å². The van der Waals surface area contributed by atoms with Gasteiger partial charge in [-0.25, -0.2) is 23.1 Å². The molecular formula is C23H26N4O4S. The number of nitrogens with one attached hydrogen (secondary N) is 2. The smallest absolute Gasteiger partial charge is 0.264 e. The molecule has 168 valence electrons. The number of carbonyl (C=O) groups is 1. The first-order chi connectivity index (χ1) is 15.0. The van der Waals surface area contributed by atoms with Gasteiger partial charge in [0, 0.05) is 17.1 Å². The molecule has 0 atom stereocenters. The fraction of sp³-hybridized carbons (Fsp3) is 0.261. The average Bonchev–Trinajstić information content (AvgIpc) is 2.69. The van der Waals surface area contributed by atoms with Gasteiger partial charge in [-0.3, -0.25) is 4.79 Å². The summed E-state index contributed by atoms with van der Waals surface area (Å²) in [6.07, 6.45) is 0. The van der Waals surface area contributed by atoms with Crippen LogP contribution in [-0.2, 0) is 14.8 Å². The van der Waals surface area contributed by atoms with Crippen molar-refractivity contribution in [2.24, 2.45) is 0 Å². The Hall–Kier alpha value is -3.46. The Kier molecular flexibility index (Phi) is 6.78. The predicted molar refractivity (Wildman–Crippen MR) is 124 cm³/mol. The zero-order valence-electron chi connectivity index (χ0n) is 18.7. The lowest BCUT2D eigenvalue weighted by molar-refractivity contribution is -0.118. The van der Waals surface area contributed by atoms with E-state index in [1.54, 1.807) is 19.9 Å². The largest absolute Gasteiger partial charge is 0.483 e. The lowest BCUT2D eigenvalue weighted by Gasteiger charge is -2.13. The third-order valence-electron chi connectivity index (χ3n) is 4.78. The minimum atomic E-state index is -3.86. The van der Waals surface area contributed by atoms with Gasteiger partial charge in [-0.15, -0.1) is 0 Å². The molecule has 0 fully saturated rings. The second kappa shape index (κ2) is 9.35. The quantitative estimate of drug-likeness (QED) is 0.561. The molecule has 3 aromatic rings. The van der Waals surface area contributed by atoms with Crippen molar-refractivity contribution in [3.05, 3.63) is 70.5 Å². The predicted octanol–water partition coefficient (Wildman–Crippen LogP) is 3.84. The number of hydrogen-bond donors (Lipinski definition) is 2. The molecule has 0 aliphatic heterocycles. The van der Waals surface area contributed by atoms with Gasteiger partial charge >= 0.3 is 0 Å². The number of anilines is 2. The highest BCUT2D eigenvalue weighted by molar-refractivity contribution is 7.92. The molecule has 8 nitrogen and oxygen atoms in total. The molecule has 0 spiro atoms. The van der Waals surface area contributed by atoms with Crippen LogP contribution in [0.2, 0.25) is 0 Å². The van der Waals surface area contributed by atoms with Crippen LogP contribution < -0.4 is 14.8 Å². The van der Waals surface area contributed by atoms with Crippen molar-refractivity contribution in [3.63, 3.8) is 0 Å². The van der Waals surface area contributed by atoms with E-state index < -0.39 is 10.0 Å². The van der Waals surface area contributed by atoms with Gasteiger partial charge in [0.05, 0.1) is 4.90 Å². The molecule has 9 heteroatoms. The second-order valence-electron chi connectivity index (χ2n) is 7.65. The van der Waals surface area contributed by atoms with Crippen LogP contribution in [0.4, 0.5) is 11.6 Å². The van der Waals surface area contributed by atoms with Crippen molar-refractivity contribution in [2.45, 2.75) is 39.5 Å². The van der Waals surface area contributed by atoms with E-state index in [2.05, 4.69) is 26.1 Å². The van der Waals surface area contributed by atoms with Gasteiger partial charge in [0.25, 0.3) is 15.9 Å². The van der Waals surface area contributed by atoms with Crippen LogP contribution in [-0.4, -0.2) is 30.9 Å². The first-order valence-electron chi connectivity index (χ1n) is 9.99. The number of carbonyl (C=O) groups excluding carboxylic acids is 1. The van der Waals surface area contributed by atoms with Crippen LogP contribution >= 0.6 is 0 Å². The molecule has 0 aliphatic carbocycles. The molecule has 0 aliphatic rings. The van der Waals surface area contributed by atoms with Crippen LogP contribution in [0.15, 0.2) is 47.4 Å². The molecule has 1 aromatic heterocycles. The average molecular weight is 455 g/mol. The maximum absolute atomic E-state index is 12.6. The highest BCUT2D eigenvalue weighted by atomic mass is 32.2. The van der Waals surface area contributed by atoms with E-state index in [4.69, 9.17) is 4.74 Å². The molecule has 1 heterocycles. The summed E-state index contributed by atoms with van der Waals surface area (Å²) in [7, 11) is -3.86. The van der Waals surface area contributed by atoms with E-state index in [1.807, 2.05) is 26.8 Å². The van der Waals surface area contributed by atoms with Gasteiger partial charge in [-0.1, -0.05) is 6.07 Å². The third-order valence-corrected chi connectivity index (χ3v) is 6.12. The zero-order valence-corrected chi connectivity index (χ0v) is 19.5. The van der Waals surface area contributed by atoms with E-state index in [1.165, 1.54) is 24.3 Å². The second-order valence-corrected chi connectivity index (χ2v) is 9.33. The standard InChI is InChI=1S/C23H26N4O4S/c1-14-10-15(2)18(5)21(11-14)31-13-22(28)26-19-6-8-20(9-7-19)32(29,30)27-23-24-16(3)12-17(4)25-23/h6-12H,13H2,1-5H3,(H,26,28)(H,24,25,27). The van der Waals surface area contributed by atoms with Crippen LogP contribution in [0.3, 0.4) is 0 Å². The normalized spacial score (nSPS) is 11.2. The van der Waals surface area contributed by atoms with E-state index in [0.29, 0.717) is 22.8 Å². The molecule has 0 radical (unpaired) electrons. The number of benzene rings is 2. The summed E-state index contributed by atoms with van der Waals surface area (Å²) in [5, 5.41) is 2.70. The van der Waals surface area contributed by atoms with Crippen molar-refractivity contribution in [1.29, 1.82) is 0 Å². The highest BCUT2D eigenvalue weighted by Gasteiger charge is 2.16. The fourth-order valence-electron chi connectivity index (χ4n) is 3.16. The summed E-state index contributed by atoms with van der Waals surface area (Å²) in [5.41, 5.74) is 4.91. The third kappa shape index (κ3) is 5.82. The summed E-state index contributed by atoms with van der Waals surface area (Å²) < 4.78 is 33.2. The SMILES string of the molecule is Cc1cc(C)c(C)c(OCC(=O)Nc2ccc(S(=O)(=O)Nc3nc(C)cc(C)n3)cc2)c1. The maximum Gasteiger partial charge on any atom is 0.264 e. The maximum atomic E-state index is 12.6. The first kappa shape index (κ1) is 23.2. The van der Waals surface area contributed by atoms with Crippen molar-refractivity contribution < 1.29 is 17.9 Å². The molecule has 0 saturated heterocycles. The number of hydrogen-bond acceptors (Lipinski definition) is 6. The number of nitrogens with zero attached hydrogens (tertiary/aromatic N) is 2. The summed E-state index contributed by atoms with van der Waals surface area (Å²) in [4.78, 5) is 20.5. The number of aryl methyl sites for hydroxylation is 4. The monoisotopic (exact) mass is 454 g/mol. The zero-order chi connectivity index (χ0) is 23.5. The number of rotatable bonds is 7. The number of sulfonamides is 1. The molecule has 32 heavy (non-hydrogen) atoms. The summed E-state index contributed by atoms with van der Waals surface area (Å²) in [6, 6.07) is 11.5. The Morgan fingerprint density at radius 3 is 2.19 bits per heavy atom. The fourth-order valence-corrected chi connectivity index (χ4v) is 4.10. The molecule has 0 unspecified atom stereocenters. The summed E-state index contributed by atoms with van der Waals surface area (Å²) in [6.45, 7) is 9.26. The lowest BCUT2D eigenvalue weighted by atomic mass is 10.1. The number of aromatic nitrogens is 2.